The number of nitrogens with zero attached hydrogens (tertiary/aromatic N) is 2. The molecule has 3 aromatic rings. The summed E-state index contributed by atoms with van der Waals surface area (Å²) in [6.45, 7) is 3.62. The zero-order valence-electron chi connectivity index (χ0n) is 14.8. The number of amides is 1. The van der Waals surface area contributed by atoms with Gasteiger partial charge in [0, 0.05) is 12.1 Å². The van der Waals surface area contributed by atoms with Crippen LogP contribution >= 0.6 is 31.9 Å². The lowest BCUT2D eigenvalue weighted by atomic mass is 10.1. The largest absolute Gasteiger partial charge is 0.488 e. The predicted octanol–water partition coefficient (Wildman–Crippen LogP) is 4.94. The summed E-state index contributed by atoms with van der Waals surface area (Å²) in [4.78, 5) is 12.4. The zero-order valence-corrected chi connectivity index (χ0v) is 18.0. The van der Waals surface area contributed by atoms with E-state index in [1.807, 2.05) is 48.0 Å². The van der Waals surface area contributed by atoms with E-state index in [0.29, 0.717) is 18.7 Å². The molecule has 2 aromatic carbocycles. The first-order valence-electron chi connectivity index (χ1n) is 8.53. The first kappa shape index (κ1) is 19.6. The minimum atomic E-state index is -0.121. The van der Waals surface area contributed by atoms with Gasteiger partial charge < -0.3 is 10.1 Å². The Kier molecular flexibility index (Phi) is 6.68. The summed E-state index contributed by atoms with van der Waals surface area (Å²) in [6.07, 6.45) is 1.74. The normalized spacial score (nSPS) is 10.6. The summed E-state index contributed by atoms with van der Waals surface area (Å²) in [5, 5.41) is 7.18. The number of aromatic nitrogens is 2. The van der Waals surface area contributed by atoms with Crippen LogP contribution in [0, 0.1) is 0 Å². The second-order valence-corrected chi connectivity index (χ2v) is 7.56. The third kappa shape index (κ3) is 4.99. The second kappa shape index (κ2) is 9.19. The smallest absolute Gasteiger partial charge is 0.251 e. The van der Waals surface area contributed by atoms with Crippen molar-refractivity contribution in [2.75, 3.05) is 0 Å². The number of para-hydroxylation sites is 1. The van der Waals surface area contributed by atoms with E-state index >= 15 is 0 Å². The lowest BCUT2D eigenvalue weighted by Gasteiger charge is -2.10. The Labute approximate surface area is 175 Å². The molecular formula is C20H19Br2N3O2. The van der Waals surface area contributed by atoms with Crippen LogP contribution in [0.3, 0.4) is 0 Å². The first-order valence-corrected chi connectivity index (χ1v) is 10.1. The Morgan fingerprint density at radius 3 is 2.56 bits per heavy atom. The van der Waals surface area contributed by atoms with Crippen LogP contribution in [-0.4, -0.2) is 15.7 Å². The van der Waals surface area contributed by atoms with E-state index in [-0.39, 0.29) is 5.91 Å². The molecule has 0 saturated heterocycles. The monoisotopic (exact) mass is 491 g/mol. The number of hydrogen-bond acceptors (Lipinski definition) is 3. The topological polar surface area (TPSA) is 56.2 Å². The molecule has 0 aliphatic heterocycles. The van der Waals surface area contributed by atoms with Crippen molar-refractivity contribution in [3.05, 3.63) is 80.5 Å². The molecule has 1 N–H and O–H groups in total. The number of benzene rings is 2. The Morgan fingerprint density at radius 1 is 1.11 bits per heavy atom. The van der Waals surface area contributed by atoms with Crippen LogP contribution in [-0.2, 0) is 19.7 Å². The fraction of sp³-hybridized carbons (Fsp3) is 0.200. The summed E-state index contributed by atoms with van der Waals surface area (Å²) in [7, 11) is 0. The van der Waals surface area contributed by atoms with E-state index in [1.54, 1.807) is 18.3 Å². The Bertz CT molecular complexity index is 923. The molecule has 0 radical (unpaired) electrons. The van der Waals surface area contributed by atoms with Crippen molar-refractivity contribution in [1.82, 2.24) is 15.1 Å². The SMILES string of the molecule is CCn1ncc(Br)c1CNC(=O)c1ccc(COc2ccccc2Br)cc1. The molecule has 3 rings (SSSR count). The summed E-state index contributed by atoms with van der Waals surface area (Å²) in [6, 6.07) is 15.1. The minimum absolute atomic E-state index is 0.121. The summed E-state index contributed by atoms with van der Waals surface area (Å²) < 4.78 is 9.46. The van der Waals surface area contributed by atoms with Gasteiger partial charge in [0.15, 0.2) is 0 Å². The van der Waals surface area contributed by atoms with Gasteiger partial charge in [-0.25, -0.2) is 0 Å². The van der Waals surface area contributed by atoms with Gasteiger partial charge in [0.1, 0.15) is 12.4 Å². The molecule has 5 nitrogen and oxygen atoms in total. The lowest BCUT2D eigenvalue weighted by Crippen LogP contribution is -2.24. The molecule has 27 heavy (non-hydrogen) atoms. The summed E-state index contributed by atoms with van der Waals surface area (Å²) >= 11 is 6.93. The van der Waals surface area contributed by atoms with Gasteiger partial charge in [-0.3, -0.25) is 9.48 Å². The second-order valence-electron chi connectivity index (χ2n) is 5.85. The Hall–Kier alpha value is -2.12. The van der Waals surface area contributed by atoms with Crippen molar-refractivity contribution >= 4 is 37.8 Å². The van der Waals surface area contributed by atoms with Gasteiger partial charge in [-0.2, -0.15) is 5.10 Å². The van der Waals surface area contributed by atoms with Crippen molar-refractivity contribution in [3.8, 4) is 5.75 Å². The van der Waals surface area contributed by atoms with E-state index in [9.17, 15) is 4.79 Å². The molecule has 0 aliphatic rings. The molecule has 1 amide bonds. The molecule has 0 atom stereocenters. The zero-order chi connectivity index (χ0) is 19.2. The van der Waals surface area contributed by atoms with Crippen molar-refractivity contribution < 1.29 is 9.53 Å². The van der Waals surface area contributed by atoms with Gasteiger partial charge in [-0.05, 0) is 68.6 Å². The standard InChI is InChI=1S/C20H19Br2N3O2/c1-2-25-18(17(22)11-24-25)12-23-20(26)15-9-7-14(8-10-15)13-27-19-6-4-3-5-16(19)21/h3-11H,2,12-13H2,1H3,(H,23,26). The molecule has 140 valence electrons. The number of carbonyl (C=O) groups excluding carboxylic acids is 1. The van der Waals surface area contributed by atoms with Crippen LogP contribution in [0.5, 0.6) is 5.75 Å². The summed E-state index contributed by atoms with van der Waals surface area (Å²) in [5.74, 6) is 0.668. The molecule has 7 heteroatoms. The van der Waals surface area contributed by atoms with Crippen molar-refractivity contribution in [2.24, 2.45) is 0 Å². The highest BCUT2D eigenvalue weighted by atomic mass is 79.9. The predicted molar refractivity (Wildman–Crippen MR) is 112 cm³/mol. The van der Waals surface area contributed by atoms with Crippen LogP contribution < -0.4 is 10.1 Å². The van der Waals surface area contributed by atoms with Gasteiger partial charge in [0.05, 0.1) is 27.4 Å². The molecular weight excluding hydrogens is 474 g/mol. The van der Waals surface area contributed by atoms with E-state index < -0.39 is 0 Å². The highest BCUT2D eigenvalue weighted by Gasteiger charge is 2.11. The van der Waals surface area contributed by atoms with E-state index in [1.165, 1.54) is 0 Å². The van der Waals surface area contributed by atoms with Gasteiger partial charge in [0.2, 0.25) is 0 Å². The first-order chi connectivity index (χ1) is 13.1. The molecule has 0 unspecified atom stereocenters. The molecule has 1 heterocycles. The number of hydrogen-bond donors (Lipinski definition) is 1. The third-order valence-electron chi connectivity index (χ3n) is 4.06. The maximum Gasteiger partial charge on any atom is 0.251 e. The van der Waals surface area contributed by atoms with Crippen molar-refractivity contribution in [1.29, 1.82) is 0 Å². The summed E-state index contributed by atoms with van der Waals surface area (Å²) in [5.41, 5.74) is 2.55. The number of halogens is 2. The molecule has 0 fully saturated rings. The quantitative estimate of drug-likeness (QED) is 0.508. The van der Waals surface area contributed by atoms with Crippen LogP contribution in [0.4, 0.5) is 0 Å². The van der Waals surface area contributed by atoms with Crippen LogP contribution in [0.2, 0.25) is 0 Å². The average molecular weight is 493 g/mol. The van der Waals surface area contributed by atoms with E-state index in [4.69, 9.17) is 4.74 Å². The van der Waals surface area contributed by atoms with E-state index in [2.05, 4.69) is 42.3 Å². The molecule has 0 aliphatic carbocycles. The van der Waals surface area contributed by atoms with Crippen LogP contribution in [0.15, 0.2) is 63.7 Å². The number of aryl methyl sites for hydroxylation is 1. The Balaban J connectivity index is 1.57. The number of ether oxygens (including phenoxy) is 1. The molecule has 1 aromatic heterocycles. The lowest BCUT2D eigenvalue weighted by molar-refractivity contribution is 0.0949. The third-order valence-corrected chi connectivity index (χ3v) is 5.38. The number of carbonyl (C=O) groups is 1. The van der Waals surface area contributed by atoms with Crippen molar-refractivity contribution in [3.63, 3.8) is 0 Å². The average Bonchev–Trinajstić information content (AvgIpc) is 3.05. The van der Waals surface area contributed by atoms with Crippen LogP contribution in [0.1, 0.15) is 28.5 Å². The fourth-order valence-corrected chi connectivity index (χ4v) is 3.41. The molecule has 0 saturated carbocycles. The maximum atomic E-state index is 12.4. The van der Waals surface area contributed by atoms with E-state index in [0.717, 1.165) is 32.5 Å². The van der Waals surface area contributed by atoms with Crippen LogP contribution in [0.25, 0.3) is 0 Å². The number of rotatable bonds is 7. The maximum absolute atomic E-state index is 12.4. The highest BCUT2D eigenvalue weighted by molar-refractivity contribution is 9.10. The molecule has 0 bridgehead atoms. The highest BCUT2D eigenvalue weighted by Crippen LogP contribution is 2.24. The minimum Gasteiger partial charge on any atom is -0.488 e. The molecule has 0 spiro atoms. The Morgan fingerprint density at radius 2 is 1.85 bits per heavy atom. The van der Waals surface area contributed by atoms with Gasteiger partial charge >= 0.3 is 0 Å². The van der Waals surface area contributed by atoms with Crippen molar-refractivity contribution in [2.45, 2.75) is 26.6 Å². The van der Waals surface area contributed by atoms with Gasteiger partial charge in [-0.15, -0.1) is 0 Å². The number of nitrogens with one attached hydrogen (secondary N) is 1. The fourth-order valence-electron chi connectivity index (χ4n) is 2.58. The van der Waals surface area contributed by atoms with Gasteiger partial charge in [0.25, 0.3) is 5.91 Å². The van der Waals surface area contributed by atoms with Gasteiger partial charge in [-0.1, -0.05) is 24.3 Å².